The van der Waals surface area contributed by atoms with Gasteiger partial charge in [0.1, 0.15) is 11.8 Å². The van der Waals surface area contributed by atoms with Crippen LogP contribution in [0.15, 0.2) is 35.7 Å². The molecule has 98 valence electrons. The molecule has 0 aliphatic carbocycles. The largest absolute Gasteiger partial charge is 0.495 e. The van der Waals surface area contributed by atoms with E-state index >= 15 is 0 Å². The Hall–Kier alpha value is -1.83. The number of thiophene rings is 1. The lowest BCUT2D eigenvalue weighted by atomic mass is 10.1. The third-order valence-corrected chi connectivity index (χ3v) is 4.02. The maximum absolute atomic E-state index is 9.05. The first-order valence-corrected chi connectivity index (χ1v) is 6.96. The van der Waals surface area contributed by atoms with Gasteiger partial charge in [0.05, 0.1) is 12.7 Å². The molecule has 0 saturated heterocycles. The monoisotopic (exact) mass is 272 g/mol. The lowest BCUT2D eigenvalue weighted by Gasteiger charge is -2.12. The quantitative estimate of drug-likeness (QED) is 0.906. The molecule has 19 heavy (non-hydrogen) atoms. The van der Waals surface area contributed by atoms with Crippen molar-refractivity contribution in [1.82, 2.24) is 5.32 Å². The fraction of sp³-hybridized carbons (Fsp3) is 0.267. The molecule has 2 rings (SSSR count). The number of hydrogen-bond donors (Lipinski definition) is 1. The van der Waals surface area contributed by atoms with Crippen LogP contribution in [0.4, 0.5) is 0 Å². The molecule has 1 heterocycles. The SMILES string of the molecule is COc1ccc(CN[C@@H](C)c2cccs2)cc1C#N. The third-order valence-electron chi connectivity index (χ3n) is 2.97. The van der Waals surface area contributed by atoms with Gasteiger partial charge in [0.15, 0.2) is 0 Å². The van der Waals surface area contributed by atoms with Gasteiger partial charge >= 0.3 is 0 Å². The second-order valence-electron chi connectivity index (χ2n) is 4.26. The van der Waals surface area contributed by atoms with Crippen molar-refractivity contribution in [2.45, 2.75) is 19.5 Å². The van der Waals surface area contributed by atoms with Crippen molar-refractivity contribution >= 4 is 11.3 Å². The van der Waals surface area contributed by atoms with Gasteiger partial charge in [-0.3, -0.25) is 0 Å². The molecule has 3 nitrogen and oxygen atoms in total. The number of nitrogens with zero attached hydrogens (tertiary/aromatic N) is 1. The Bertz CT molecular complexity index is 572. The van der Waals surface area contributed by atoms with Crippen molar-refractivity contribution in [1.29, 1.82) is 5.26 Å². The lowest BCUT2D eigenvalue weighted by Crippen LogP contribution is -2.17. The molecular formula is C15H16N2OS. The average Bonchev–Trinajstić information content (AvgIpc) is 2.98. The predicted molar refractivity (Wildman–Crippen MR) is 77.3 cm³/mol. The maximum atomic E-state index is 9.05. The van der Waals surface area contributed by atoms with E-state index in [0.29, 0.717) is 17.4 Å². The van der Waals surface area contributed by atoms with Crippen LogP contribution in [0.1, 0.15) is 29.0 Å². The van der Waals surface area contributed by atoms with Crippen LogP contribution in [0.5, 0.6) is 5.75 Å². The van der Waals surface area contributed by atoms with Crippen LogP contribution in [0, 0.1) is 11.3 Å². The Balaban J connectivity index is 2.02. The molecule has 0 radical (unpaired) electrons. The minimum atomic E-state index is 0.313. The van der Waals surface area contributed by atoms with Gasteiger partial charge in [0.2, 0.25) is 0 Å². The molecule has 1 aromatic carbocycles. The highest BCUT2D eigenvalue weighted by Crippen LogP contribution is 2.21. The van der Waals surface area contributed by atoms with Gasteiger partial charge < -0.3 is 10.1 Å². The van der Waals surface area contributed by atoms with Crippen molar-refractivity contribution in [3.05, 3.63) is 51.7 Å². The van der Waals surface area contributed by atoms with Gasteiger partial charge in [-0.2, -0.15) is 5.26 Å². The molecule has 0 aliphatic heterocycles. The van der Waals surface area contributed by atoms with Gasteiger partial charge in [0, 0.05) is 17.5 Å². The topological polar surface area (TPSA) is 45.0 Å². The summed E-state index contributed by atoms with van der Waals surface area (Å²) < 4.78 is 5.13. The normalized spacial score (nSPS) is 11.8. The van der Waals surface area contributed by atoms with Crippen LogP contribution in [0.2, 0.25) is 0 Å². The van der Waals surface area contributed by atoms with Crippen molar-refractivity contribution in [3.63, 3.8) is 0 Å². The minimum absolute atomic E-state index is 0.313. The zero-order chi connectivity index (χ0) is 13.7. The van der Waals surface area contributed by atoms with Crippen molar-refractivity contribution in [2.24, 2.45) is 0 Å². The van der Waals surface area contributed by atoms with E-state index in [1.807, 2.05) is 18.2 Å². The molecule has 0 fully saturated rings. The van der Waals surface area contributed by atoms with Crippen LogP contribution in [-0.4, -0.2) is 7.11 Å². The van der Waals surface area contributed by atoms with E-state index in [2.05, 4.69) is 35.8 Å². The highest BCUT2D eigenvalue weighted by Gasteiger charge is 2.07. The molecule has 0 aliphatic rings. The molecular weight excluding hydrogens is 256 g/mol. The number of rotatable bonds is 5. The standard InChI is InChI=1S/C15H16N2OS/c1-11(15-4-3-7-19-15)17-10-12-5-6-14(18-2)13(8-12)9-16/h3-8,11,17H,10H2,1-2H3/t11-/m0/s1. The van der Waals surface area contributed by atoms with E-state index in [1.165, 1.54) is 4.88 Å². The molecule has 1 atom stereocenters. The summed E-state index contributed by atoms with van der Waals surface area (Å²) >= 11 is 1.75. The van der Waals surface area contributed by atoms with Gasteiger partial charge in [-0.25, -0.2) is 0 Å². The van der Waals surface area contributed by atoms with E-state index < -0.39 is 0 Å². The number of nitriles is 1. The third kappa shape index (κ3) is 3.34. The summed E-state index contributed by atoms with van der Waals surface area (Å²) in [6, 6.07) is 12.3. The molecule has 2 aromatic rings. The van der Waals surface area contributed by atoms with Crippen LogP contribution in [0.3, 0.4) is 0 Å². The van der Waals surface area contributed by atoms with Crippen molar-refractivity contribution < 1.29 is 4.74 Å². The second-order valence-corrected chi connectivity index (χ2v) is 5.24. The molecule has 4 heteroatoms. The first-order chi connectivity index (χ1) is 9.24. The van der Waals surface area contributed by atoms with Crippen LogP contribution >= 0.6 is 11.3 Å². The number of nitrogens with one attached hydrogen (secondary N) is 1. The molecule has 0 amide bonds. The number of methoxy groups -OCH3 is 1. The number of ether oxygens (including phenoxy) is 1. The number of benzene rings is 1. The Morgan fingerprint density at radius 2 is 2.26 bits per heavy atom. The summed E-state index contributed by atoms with van der Waals surface area (Å²) in [6.45, 7) is 2.87. The average molecular weight is 272 g/mol. The smallest absolute Gasteiger partial charge is 0.136 e. The molecule has 0 spiro atoms. The summed E-state index contributed by atoms with van der Waals surface area (Å²) in [7, 11) is 1.58. The predicted octanol–water partition coefficient (Wildman–Crippen LogP) is 3.48. The first-order valence-electron chi connectivity index (χ1n) is 6.08. The van der Waals surface area contributed by atoms with E-state index in [1.54, 1.807) is 18.4 Å². The van der Waals surface area contributed by atoms with Crippen molar-refractivity contribution in [3.8, 4) is 11.8 Å². The molecule has 0 unspecified atom stereocenters. The van der Waals surface area contributed by atoms with Gasteiger partial charge in [-0.05, 0) is 36.1 Å². The van der Waals surface area contributed by atoms with Gasteiger partial charge in [-0.1, -0.05) is 12.1 Å². The van der Waals surface area contributed by atoms with E-state index in [9.17, 15) is 0 Å². The highest BCUT2D eigenvalue weighted by atomic mass is 32.1. The number of hydrogen-bond acceptors (Lipinski definition) is 4. The molecule has 1 aromatic heterocycles. The summed E-state index contributed by atoms with van der Waals surface area (Å²) in [5.41, 5.74) is 1.66. The van der Waals surface area contributed by atoms with E-state index in [4.69, 9.17) is 10.00 Å². The fourth-order valence-corrected chi connectivity index (χ4v) is 2.62. The zero-order valence-electron chi connectivity index (χ0n) is 11.0. The lowest BCUT2D eigenvalue weighted by molar-refractivity contribution is 0.413. The summed E-state index contributed by atoms with van der Waals surface area (Å²) in [4.78, 5) is 1.31. The molecule has 0 bridgehead atoms. The first kappa shape index (κ1) is 13.6. The van der Waals surface area contributed by atoms with Crippen LogP contribution in [0.25, 0.3) is 0 Å². The van der Waals surface area contributed by atoms with Gasteiger partial charge in [-0.15, -0.1) is 11.3 Å². The maximum Gasteiger partial charge on any atom is 0.136 e. The summed E-state index contributed by atoms with van der Waals surface area (Å²) in [5.74, 6) is 0.623. The van der Waals surface area contributed by atoms with Crippen LogP contribution in [-0.2, 0) is 6.54 Å². The van der Waals surface area contributed by atoms with Gasteiger partial charge in [0.25, 0.3) is 0 Å². The van der Waals surface area contributed by atoms with E-state index in [-0.39, 0.29) is 0 Å². The molecule has 1 N–H and O–H groups in total. The Kier molecular flexibility index (Phi) is 4.56. The molecule has 0 saturated carbocycles. The zero-order valence-corrected chi connectivity index (χ0v) is 11.8. The minimum Gasteiger partial charge on any atom is -0.495 e. The summed E-state index contributed by atoms with van der Waals surface area (Å²) in [5, 5.41) is 14.6. The van der Waals surface area contributed by atoms with Crippen LogP contribution < -0.4 is 10.1 Å². The van der Waals surface area contributed by atoms with Crippen molar-refractivity contribution in [2.75, 3.05) is 7.11 Å². The second kappa shape index (κ2) is 6.37. The Morgan fingerprint density at radius 3 is 2.89 bits per heavy atom. The highest BCUT2D eigenvalue weighted by molar-refractivity contribution is 7.10. The summed E-state index contributed by atoms with van der Waals surface area (Å²) in [6.07, 6.45) is 0. The van der Waals surface area contributed by atoms with E-state index in [0.717, 1.165) is 12.1 Å². The Labute approximate surface area is 117 Å². The Morgan fingerprint density at radius 1 is 1.42 bits per heavy atom. The fourth-order valence-electron chi connectivity index (χ4n) is 1.86.